The third-order valence-electron chi connectivity index (χ3n) is 5.22. The zero-order valence-electron chi connectivity index (χ0n) is 22.0. The van der Waals surface area contributed by atoms with Crippen molar-refractivity contribution in [3.8, 4) is 5.75 Å². The lowest BCUT2D eigenvalue weighted by atomic mass is 9.98. The Morgan fingerprint density at radius 2 is 1.59 bits per heavy atom. The van der Waals surface area contributed by atoms with Crippen LogP contribution in [0.3, 0.4) is 0 Å². The predicted molar refractivity (Wildman–Crippen MR) is 138 cm³/mol. The van der Waals surface area contributed by atoms with E-state index in [0.717, 1.165) is 57.6 Å². The van der Waals surface area contributed by atoms with Crippen molar-refractivity contribution in [1.82, 2.24) is 4.90 Å². The summed E-state index contributed by atoms with van der Waals surface area (Å²) in [4.78, 5) is 12.2. The molecule has 0 bridgehead atoms. The summed E-state index contributed by atoms with van der Waals surface area (Å²) >= 11 is 0. The van der Waals surface area contributed by atoms with E-state index in [2.05, 4.69) is 45.9 Å². The quantitative estimate of drug-likeness (QED) is 0.248. The molecule has 0 saturated heterocycles. The number of benzene rings is 1. The van der Waals surface area contributed by atoms with E-state index in [9.17, 15) is 4.79 Å². The lowest BCUT2D eigenvalue weighted by molar-refractivity contribution is -0.117. The second-order valence-electron chi connectivity index (χ2n) is 9.97. The van der Waals surface area contributed by atoms with Crippen molar-refractivity contribution in [3.63, 3.8) is 0 Å². The van der Waals surface area contributed by atoms with Gasteiger partial charge in [0.2, 0.25) is 6.41 Å². The molecule has 1 aromatic rings. The fourth-order valence-electron chi connectivity index (χ4n) is 3.22. The average molecular weight is 450 g/mol. The molecule has 1 fully saturated rings. The maximum atomic E-state index is 10.5. The van der Waals surface area contributed by atoms with Crippen LogP contribution < -0.4 is 4.74 Å². The number of carbonyl (C=O) groups is 1. The van der Waals surface area contributed by atoms with Gasteiger partial charge >= 0.3 is 0 Å². The zero-order valence-corrected chi connectivity index (χ0v) is 22.0. The van der Waals surface area contributed by atoms with E-state index >= 15 is 0 Å². The molecule has 0 N–H and O–H groups in total. The minimum Gasteiger partial charge on any atom is -0.493 e. The molecule has 32 heavy (non-hydrogen) atoms. The molecule has 1 saturated carbocycles. The Balaban J connectivity index is 0.000000709. The molecule has 0 atom stereocenters. The largest absolute Gasteiger partial charge is 0.493 e. The van der Waals surface area contributed by atoms with Gasteiger partial charge in [-0.05, 0) is 42.7 Å². The highest BCUT2D eigenvalue weighted by Gasteiger charge is 2.12. The van der Waals surface area contributed by atoms with Gasteiger partial charge < -0.3 is 14.4 Å². The van der Waals surface area contributed by atoms with Gasteiger partial charge in [0, 0.05) is 27.3 Å². The molecule has 0 spiro atoms. The first-order valence-electron chi connectivity index (χ1n) is 12.7. The fourth-order valence-corrected chi connectivity index (χ4v) is 3.22. The smallest absolute Gasteiger partial charge is 0.209 e. The van der Waals surface area contributed by atoms with Crippen LogP contribution in [0.25, 0.3) is 0 Å². The van der Waals surface area contributed by atoms with Crippen molar-refractivity contribution in [2.24, 2.45) is 5.41 Å². The minimum atomic E-state index is 0.173. The van der Waals surface area contributed by atoms with Gasteiger partial charge in [-0.25, -0.2) is 0 Å². The lowest BCUT2D eigenvalue weighted by Gasteiger charge is -2.20. The Morgan fingerprint density at radius 1 is 0.969 bits per heavy atom. The van der Waals surface area contributed by atoms with Crippen molar-refractivity contribution in [1.29, 1.82) is 0 Å². The highest BCUT2D eigenvalue weighted by Crippen LogP contribution is 2.23. The van der Waals surface area contributed by atoms with Crippen LogP contribution in [0.2, 0.25) is 0 Å². The maximum absolute atomic E-state index is 10.5. The summed E-state index contributed by atoms with van der Waals surface area (Å²) in [6, 6.07) is 8.30. The maximum Gasteiger partial charge on any atom is 0.209 e. The highest BCUT2D eigenvalue weighted by molar-refractivity contribution is 5.46. The number of rotatable bonds is 12. The van der Waals surface area contributed by atoms with E-state index in [-0.39, 0.29) is 5.41 Å². The van der Waals surface area contributed by atoms with Gasteiger partial charge in [0.1, 0.15) is 5.75 Å². The molecule has 4 nitrogen and oxygen atoms in total. The minimum absolute atomic E-state index is 0.173. The third kappa shape index (κ3) is 19.2. The second kappa shape index (κ2) is 20.1. The monoisotopic (exact) mass is 449 g/mol. The molecule has 2 rings (SSSR count). The summed E-state index contributed by atoms with van der Waals surface area (Å²) in [7, 11) is 3.55. The van der Waals surface area contributed by atoms with Gasteiger partial charge in [0.05, 0.1) is 6.61 Å². The number of aryl methyl sites for hydroxylation is 1. The molecule has 1 aromatic carbocycles. The zero-order chi connectivity index (χ0) is 24.1. The van der Waals surface area contributed by atoms with Crippen LogP contribution in [0.1, 0.15) is 97.5 Å². The molecule has 0 heterocycles. The number of carbonyl (C=O) groups excluding carboxylic acids is 1. The molecule has 1 aliphatic rings. The summed E-state index contributed by atoms with van der Waals surface area (Å²) in [5.41, 5.74) is 1.46. The van der Waals surface area contributed by atoms with Gasteiger partial charge in [0.15, 0.2) is 0 Å². The third-order valence-corrected chi connectivity index (χ3v) is 5.22. The molecule has 0 aromatic heterocycles. The first kappa shape index (κ1) is 30.4. The summed E-state index contributed by atoms with van der Waals surface area (Å²) < 4.78 is 10.7. The van der Waals surface area contributed by atoms with E-state index in [4.69, 9.17) is 9.47 Å². The van der Waals surface area contributed by atoms with Crippen LogP contribution in [0.4, 0.5) is 0 Å². The molecule has 1 amide bonds. The van der Waals surface area contributed by atoms with E-state index in [1.807, 2.05) is 13.1 Å². The molecular formula is C28H51NO3. The lowest BCUT2D eigenvalue weighted by Crippen LogP contribution is -2.17. The van der Waals surface area contributed by atoms with Gasteiger partial charge in [-0.3, -0.25) is 4.79 Å². The van der Waals surface area contributed by atoms with Crippen molar-refractivity contribution in [2.45, 2.75) is 98.3 Å². The van der Waals surface area contributed by atoms with Crippen LogP contribution in [0.5, 0.6) is 5.75 Å². The first-order chi connectivity index (χ1) is 15.3. The first-order valence-corrected chi connectivity index (χ1v) is 12.7. The number of amides is 1. The number of methoxy groups -OCH3 is 1. The van der Waals surface area contributed by atoms with Crippen molar-refractivity contribution >= 4 is 6.41 Å². The molecule has 4 heteroatoms. The second-order valence-corrected chi connectivity index (χ2v) is 9.97. The standard InChI is InChI=1S/C18H29NO2.C5H12O.C5H10/c1-18(2,3)14-21-17-12-8-7-11-16(17)10-6-5-9-13-19(4)15-20;1-3-4-5-6-2;1-2-4-5-3-1/h7-8,11-12,15H,5-6,9-10,13-14H2,1-4H3;3-5H2,1-2H3;1-5H2. The van der Waals surface area contributed by atoms with Crippen LogP contribution in [-0.4, -0.2) is 45.2 Å². The number of hydrogen-bond donors (Lipinski definition) is 0. The van der Waals surface area contributed by atoms with E-state index in [0.29, 0.717) is 0 Å². The number of para-hydroxylation sites is 1. The summed E-state index contributed by atoms with van der Waals surface area (Å²) in [6.45, 7) is 11.2. The van der Waals surface area contributed by atoms with Gasteiger partial charge in [-0.1, -0.05) is 90.8 Å². The number of nitrogens with zero attached hydrogens (tertiary/aromatic N) is 1. The normalized spacial score (nSPS) is 12.8. The van der Waals surface area contributed by atoms with E-state index in [1.54, 1.807) is 12.0 Å². The summed E-state index contributed by atoms with van der Waals surface area (Å²) in [6.07, 6.45) is 15.2. The van der Waals surface area contributed by atoms with Crippen molar-refractivity contribution in [2.75, 3.05) is 33.9 Å². The summed E-state index contributed by atoms with van der Waals surface area (Å²) in [5.74, 6) is 1.01. The molecule has 1 aliphatic carbocycles. The molecule has 0 unspecified atom stereocenters. The van der Waals surface area contributed by atoms with Crippen LogP contribution in [0, 0.1) is 5.41 Å². The Hall–Kier alpha value is -1.55. The summed E-state index contributed by atoms with van der Waals surface area (Å²) in [5, 5.41) is 0. The Kier molecular flexibility index (Phi) is 19.1. The Bertz CT molecular complexity index is 538. The van der Waals surface area contributed by atoms with Crippen molar-refractivity contribution in [3.05, 3.63) is 29.8 Å². The van der Waals surface area contributed by atoms with E-state index < -0.39 is 0 Å². The topological polar surface area (TPSA) is 38.8 Å². The Labute approximate surface area is 199 Å². The molecule has 0 aliphatic heterocycles. The van der Waals surface area contributed by atoms with Crippen LogP contribution >= 0.6 is 0 Å². The SMILES string of the molecule is C1CCCC1.CCCCOC.CN(C=O)CCCCCc1ccccc1OCC(C)(C)C. The number of hydrogen-bond acceptors (Lipinski definition) is 3. The molecular weight excluding hydrogens is 398 g/mol. The van der Waals surface area contributed by atoms with Gasteiger partial charge in [-0.2, -0.15) is 0 Å². The van der Waals surface area contributed by atoms with E-state index in [1.165, 1.54) is 50.5 Å². The van der Waals surface area contributed by atoms with Crippen LogP contribution in [0.15, 0.2) is 24.3 Å². The highest BCUT2D eigenvalue weighted by atomic mass is 16.5. The Morgan fingerprint density at radius 3 is 2.09 bits per heavy atom. The molecule has 0 radical (unpaired) electrons. The number of unbranched alkanes of at least 4 members (excludes halogenated alkanes) is 3. The number of ether oxygens (including phenoxy) is 2. The van der Waals surface area contributed by atoms with Crippen LogP contribution in [-0.2, 0) is 16.0 Å². The van der Waals surface area contributed by atoms with Crippen molar-refractivity contribution < 1.29 is 14.3 Å². The fraction of sp³-hybridized carbons (Fsp3) is 0.750. The van der Waals surface area contributed by atoms with Gasteiger partial charge in [0.25, 0.3) is 0 Å². The van der Waals surface area contributed by atoms with Gasteiger partial charge in [-0.15, -0.1) is 0 Å². The molecule has 186 valence electrons. The average Bonchev–Trinajstić information content (AvgIpc) is 3.36. The predicted octanol–water partition coefficient (Wildman–Crippen LogP) is 7.30.